The van der Waals surface area contributed by atoms with Gasteiger partial charge in [0.1, 0.15) is 17.5 Å². The van der Waals surface area contributed by atoms with E-state index >= 15 is 0 Å². The number of hydrogen-bond acceptors (Lipinski definition) is 6. The Labute approximate surface area is 163 Å². The standard InChI is InChI=1S/C18H26N6O2S/c1-13-17(27-14(2)22-13)18(26)23-7-3-5-15(10-23)9-20-16(25)6-4-8-24-12-19-11-21-24/h11-12,15H,3-10H2,1-2H3,(H,20,25). The van der Waals surface area contributed by atoms with Crippen molar-refractivity contribution in [1.29, 1.82) is 0 Å². The zero-order chi connectivity index (χ0) is 19.2. The summed E-state index contributed by atoms with van der Waals surface area (Å²) in [5, 5.41) is 7.96. The van der Waals surface area contributed by atoms with E-state index in [2.05, 4.69) is 20.4 Å². The maximum Gasteiger partial charge on any atom is 0.265 e. The van der Waals surface area contributed by atoms with Crippen molar-refractivity contribution in [3.63, 3.8) is 0 Å². The van der Waals surface area contributed by atoms with Gasteiger partial charge in [-0.15, -0.1) is 11.3 Å². The molecule has 27 heavy (non-hydrogen) atoms. The molecule has 8 nitrogen and oxygen atoms in total. The zero-order valence-corrected chi connectivity index (χ0v) is 16.7. The van der Waals surface area contributed by atoms with Crippen molar-refractivity contribution in [3.8, 4) is 0 Å². The van der Waals surface area contributed by atoms with Crippen LogP contribution in [0.25, 0.3) is 0 Å². The highest BCUT2D eigenvalue weighted by Gasteiger charge is 2.27. The van der Waals surface area contributed by atoms with Crippen LogP contribution in [0.15, 0.2) is 12.7 Å². The topological polar surface area (TPSA) is 93.0 Å². The number of carbonyl (C=O) groups is 2. The van der Waals surface area contributed by atoms with Crippen LogP contribution >= 0.6 is 11.3 Å². The molecule has 2 aromatic heterocycles. The van der Waals surface area contributed by atoms with E-state index in [0.717, 1.165) is 41.4 Å². The summed E-state index contributed by atoms with van der Waals surface area (Å²) in [4.78, 5) is 35.7. The number of piperidine rings is 1. The van der Waals surface area contributed by atoms with Gasteiger partial charge in [-0.3, -0.25) is 14.3 Å². The molecule has 9 heteroatoms. The number of thiazole rings is 1. The molecule has 0 saturated carbocycles. The van der Waals surface area contributed by atoms with Crippen molar-refractivity contribution in [2.24, 2.45) is 5.92 Å². The van der Waals surface area contributed by atoms with Crippen LogP contribution in [0.4, 0.5) is 0 Å². The van der Waals surface area contributed by atoms with Crippen LogP contribution in [-0.4, -0.2) is 56.1 Å². The molecule has 1 N–H and O–H groups in total. The minimum atomic E-state index is 0.0486. The predicted molar refractivity (Wildman–Crippen MR) is 102 cm³/mol. The highest BCUT2D eigenvalue weighted by atomic mass is 32.1. The summed E-state index contributed by atoms with van der Waals surface area (Å²) in [7, 11) is 0. The SMILES string of the molecule is Cc1nc(C)c(C(=O)N2CCCC(CNC(=O)CCCn3cncn3)C2)s1. The van der Waals surface area contributed by atoms with Crippen molar-refractivity contribution < 1.29 is 9.59 Å². The molecule has 0 aromatic carbocycles. The molecule has 2 aromatic rings. The fourth-order valence-corrected chi connectivity index (χ4v) is 4.27. The van der Waals surface area contributed by atoms with E-state index < -0.39 is 0 Å². The monoisotopic (exact) mass is 390 g/mol. The van der Waals surface area contributed by atoms with Gasteiger partial charge in [0, 0.05) is 32.6 Å². The lowest BCUT2D eigenvalue weighted by Crippen LogP contribution is -2.43. The van der Waals surface area contributed by atoms with Gasteiger partial charge in [0.15, 0.2) is 0 Å². The Morgan fingerprint density at radius 3 is 2.93 bits per heavy atom. The van der Waals surface area contributed by atoms with Crippen molar-refractivity contribution >= 4 is 23.2 Å². The van der Waals surface area contributed by atoms with Crippen LogP contribution in [0.1, 0.15) is 46.1 Å². The molecule has 2 amide bonds. The summed E-state index contributed by atoms with van der Waals surface area (Å²) in [5.41, 5.74) is 0.810. The van der Waals surface area contributed by atoms with Crippen molar-refractivity contribution in [2.45, 2.75) is 46.1 Å². The molecule has 1 saturated heterocycles. The number of aryl methyl sites for hydroxylation is 3. The number of aromatic nitrogens is 4. The third-order valence-electron chi connectivity index (χ3n) is 4.75. The molecule has 146 valence electrons. The van der Waals surface area contributed by atoms with Crippen LogP contribution in [-0.2, 0) is 11.3 Å². The van der Waals surface area contributed by atoms with Crippen LogP contribution in [0.2, 0.25) is 0 Å². The maximum atomic E-state index is 12.8. The Morgan fingerprint density at radius 2 is 2.22 bits per heavy atom. The van der Waals surface area contributed by atoms with E-state index in [9.17, 15) is 9.59 Å². The summed E-state index contributed by atoms with van der Waals surface area (Å²) in [6.45, 7) is 6.58. The molecule has 1 aliphatic rings. The molecular weight excluding hydrogens is 364 g/mol. The van der Waals surface area contributed by atoms with Gasteiger partial charge in [-0.2, -0.15) is 5.10 Å². The number of nitrogens with one attached hydrogen (secondary N) is 1. The normalized spacial score (nSPS) is 17.1. The van der Waals surface area contributed by atoms with E-state index in [-0.39, 0.29) is 11.8 Å². The van der Waals surface area contributed by atoms with Crippen LogP contribution in [0.5, 0.6) is 0 Å². The summed E-state index contributed by atoms with van der Waals surface area (Å²) in [5.74, 6) is 0.422. The van der Waals surface area contributed by atoms with Gasteiger partial charge in [-0.25, -0.2) is 9.97 Å². The van der Waals surface area contributed by atoms with E-state index in [1.165, 1.54) is 17.7 Å². The van der Waals surface area contributed by atoms with Crippen LogP contribution in [0, 0.1) is 19.8 Å². The fourth-order valence-electron chi connectivity index (χ4n) is 3.39. The van der Waals surface area contributed by atoms with E-state index in [1.807, 2.05) is 18.7 Å². The molecule has 0 spiro atoms. The molecule has 1 unspecified atom stereocenters. The summed E-state index contributed by atoms with van der Waals surface area (Å²) in [6.07, 6.45) is 6.34. The lowest BCUT2D eigenvalue weighted by Gasteiger charge is -2.32. The summed E-state index contributed by atoms with van der Waals surface area (Å²) in [6, 6.07) is 0. The smallest absolute Gasteiger partial charge is 0.265 e. The van der Waals surface area contributed by atoms with Gasteiger partial charge in [0.2, 0.25) is 5.91 Å². The molecule has 1 aliphatic heterocycles. The second-order valence-electron chi connectivity index (χ2n) is 6.97. The first-order valence-corrected chi connectivity index (χ1v) is 10.2. The van der Waals surface area contributed by atoms with Gasteiger partial charge >= 0.3 is 0 Å². The average Bonchev–Trinajstić information content (AvgIpc) is 3.29. The van der Waals surface area contributed by atoms with E-state index in [0.29, 0.717) is 32.0 Å². The van der Waals surface area contributed by atoms with E-state index in [4.69, 9.17) is 0 Å². The predicted octanol–water partition coefficient (Wildman–Crippen LogP) is 1.80. The largest absolute Gasteiger partial charge is 0.356 e. The zero-order valence-electron chi connectivity index (χ0n) is 15.8. The lowest BCUT2D eigenvalue weighted by atomic mass is 9.97. The average molecular weight is 391 g/mol. The van der Waals surface area contributed by atoms with Gasteiger partial charge in [-0.05, 0) is 39.0 Å². The van der Waals surface area contributed by atoms with Gasteiger partial charge in [0.05, 0.1) is 10.7 Å². The van der Waals surface area contributed by atoms with Crippen molar-refractivity contribution in [2.75, 3.05) is 19.6 Å². The van der Waals surface area contributed by atoms with Crippen molar-refractivity contribution in [1.82, 2.24) is 30.0 Å². The Hall–Kier alpha value is -2.29. The first-order valence-electron chi connectivity index (χ1n) is 9.35. The molecular formula is C18H26N6O2S. The molecule has 3 rings (SSSR count). The minimum Gasteiger partial charge on any atom is -0.356 e. The molecule has 1 atom stereocenters. The number of amides is 2. The maximum absolute atomic E-state index is 12.8. The highest BCUT2D eigenvalue weighted by Crippen LogP contribution is 2.23. The Balaban J connectivity index is 1.42. The number of hydrogen-bond donors (Lipinski definition) is 1. The number of rotatable bonds is 7. The molecule has 1 fully saturated rings. The summed E-state index contributed by atoms with van der Waals surface area (Å²) >= 11 is 1.46. The fraction of sp³-hybridized carbons (Fsp3) is 0.611. The Morgan fingerprint density at radius 1 is 1.37 bits per heavy atom. The van der Waals surface area contributed by atoms with Gasteiger partial charge < -0.3 is 10.2 Å². The summed E-state index contributed by atoms with van der Waals surface area (Å²) < 4.78 is 1.72. The Kier molecular flexibility index (Phi) is 6.54. The molecule has 0 radical (unpaired) electrons. The first kappa shape index (κ1) is 19.5. The number of nitrogens with zero attached hydrogens (tertiary/aromatic N) is 5. The third-order valence-corrected chi connectivity index (χ3v) is 5.81. The van der Waals surface area contributed by atoms with Gasteiger partial charge in [0.25, 0.3) is 5.91 Å². The highest BCUT2D eigenvalue weighted by molar-refractivity contribution is 7.13. The second-order valence-corrected chi connectivity index (χ2v) is 8.18. The number of likely N-dealkylation sites (tertiary alicyclic amines) is 1. The van der Waals surface area contributed by atoms with Crippen LogP contribution in [0.3, 0.4) is 0 Å². The second kappa shape index (κ2) is 9.07. The van der Waals surface area contributed by atoms with Crippen molar-refractivity contribution in [3.05, 3.63) is 28.2 Å². The quantitative estimate of drug-likeness (QED) is 0.778. The Bertz CT molecular complexity index is 773. The first-order chi connectivity index (χ1) is 13.0. The molecule has 3 heterocycles. The lowest BCUT2D eigenvalue weighted by molar-refractivity contribution is -0.121. The minimum absolute atomic E-state index is 0.0486. The molecule has 0 bridgehead atoms. The number of carbonyl (C=O) groups excluding carboxylic acids is 2. The molecule has 0 aliphatic carbocycles. The van der Waals surface area contributed by atoms with Gasteiger partial charge in [-0.1, -0.05) is 0 Å². The third kappa shape index (κ3) is 5.35. The van der Waals surface area contributed by atoms with Crippen LogP contribution < -0.4 is 5.32 Å². The van der Waals surface area contributed by atoms with E-state index in [1.54, 1.807) is 11.0 Å².